The van der Waals surface area contributed by atoms with E-state index in [2.05, 4.69) is 12.2 Å². The average Bonchev–Trinajstić information content (AvgIpc) is 3.45. The largest absolute Gasteiger partial charge is 0.461 e. The number of carbonyl (C=O) groups is 3. The number of amides is 2. The number of nitrogens with zero attached hydrogens (tertiary/aromatic N) is 1. The van der Waals surface area contributed by atoms with E-state index in [9.17, 15) is 14.4 Å². The number of carbonyl (C=O) groups excluding carboxylic acids is 3. The highest BCUT2D eigenvalue weighted by Gasteiger charge is 2.66. The lowest BCUT2D eigenvalue weighted by atomic mass is 9.63. The lowest BCUT2D eigenvalue weighted by molar-refractivity contribution is -0.146. The van der Waals surface area contributed by atoms with Gasteiger partial charge in [-0.1, -0.05) is 42.0 Å². The molecule has 6 rings (SSSR count). The van der Waals surface area contributed by atoms with Gasteiger partial charge < -0.3 is 4.74 Å². The fraction of sp³-hybridized carbons (Fsp3) is 0.476. The number of hydrogen-bond donors (Lipinski definition) is 0. The topological polar surface area (TPSA) is 63.7 Å². The molecule has 2 amide bonds. The van der Waals surface area contributed by atoms with Gasteiger partial charge in [0.05, 0.1) is 18.3 Å². The van der Waals surface area contributed by atoms with E-state index in [1.54, 1.807) is 12.1 Å². The number of likely N-dealkylation sites (tertiary alicyclic amines) is 1. The van der Waals surface area contributed by atoms with Crippen LogP contribution in [0.5, 0.6) is 0 Å². The van der Waals surface area contributed by atoms with Crippen LogP contribution in [0, 0.1) is 35.5 Å². The van der Waals surface area contributed by atoms with Crippen LogP contribution in [0.1, 0.15) is 18.4 Å². The van der Waals surface area contributed by atoms with Crippen molar-refractivity contribution in [1.82, 2.24) is 4.90 Å². The van der Waals surface area contributed by atoms with Crippen LogP contribution in [0.4, 0.5) is 0 Å². The monoisotopic (exact) mass is 385 g/mol. The number of allylic oxidation sites excluding steroid dienone is 2. The Morgan fingerprint density at radius 1 is 1.07 bits per heavy atom. The summed E-state index contributed by atoms with van der Waals surface area (Å²) >= 11 is 6.05. The summed E-state index contributed by atoms with van der Waals surface area (Å²) in [6, 6.07) is 7.16. The lowest BCUT2D eigenvalue weighted by Crippen LogP contribution is -2.40. The smallest absolute Gasteiger partial charge is 0.307 e. The molecular formula is C21H20ClNO4. The first-order chi connectivity index (χ1) is 13.1. The predicted molar refractivity (Wildman–Crippen MR) is 97.3 cm³/mol. The molecule has 1 aromatic rings. The van der Waals surface area contributed by atoms with Crippen molar-refractivity contribution in [3.8, 4) is 0 Å². The van der Waals surface area contributed by atoms with Crippen molar-refractivity contribution in [2.45, 2.75) is 19.4 Å². The van der Waals surface area contributed by atoms with Gasteiger partial charge in [-0.15, -0.1) is 0 Å². The first kappa shape index (κ1) is 17.0. The third kappa shape index (κ3) is 2.63. The van der Waals surface area contributed by atoms with Crippen LogP contribution < -0.4 is 0 Å². The van der Waals surface area contributed by atoms with Crippen LogP contribution in [0.25, 0.3) is 0 Å². The van der Waals surface area contributed by atoms with Crippen LogP contribution in [-0.2, 0) is 25.7 Å². The standard InChI is InChI=1S/C21H20ClNO4/c22-16-4-2-1-3-11(16)10-27-17(24)7-8-23-20(25)18-12-5-6-13(15-9-14(12)15)19(18)21(23)26/h1-6,12-15,18-19H,7-10H2/t12-,13-,14-,15+,18-,19+/m0/s1. The van der Waals surface area contributed by atoms with E-state index in [0.29, 0.717) is 16.9 Å². The number of benzene rings is 1. The zero-order valence-corrected chi connectivity index (χ0v) is 15.5. The third-order valence-corrected chi connectivity index (χ3v) is 7.01. The zero-order valence-electron chi connectivity index (χ0n) is 14.7. The van der Waals surface area contributed by atoms with Crippen LogP contribution in [-0.4, -0.2) is 29.2 Å². The van der Waals surface area contributed by atoms with Crippen LogP contribution in [0.3, 0.4) is 0 Å². The lowest BCUT2D eigenvalue weighted by Gasteiger charge is -2.37. The molecule has 0 unspecified atom stereocenters. The predicted octanol–water partition coefficient (Wildman–Crippen LogP) is 2.83. The Balaban J connectivity index is 1.20. The van der Waals surface area contributed by atoms with Crippen molar-refractivity contribution in [2.75, 3.05) is 6.54 Å². The molecule has 1 saturated heterocycles. The maximum atomic E-state index is 12.8. The van der Waals surface area contributed by atoms with Gasteiger partial charge in [0, 0.05) is 17.1 Å². The Morgan fingerprint density at radius 2 is 1.70 bits per heavy atom. The Morgan fingerprint density at radius 3 is 2.33 bits per heavy atom. The second kappa shape index (κ2) is 6.20. The van der Waals surface area contributed by atoms with Gasteiger partial charge in [0.1, 0.15) is 6.61 Å². The first-order valence-electron chi connectivity index (χ1n) is 9.49. The van der Waals surface area contributed by atoms with Gasteiger partial charge in [0.15, 0.2) is 0 Å². The summed E-state index contributed by atoms with van der Waals surface area (Å²) in [5, 5.41) is 0.542. The van der Waals surface area contributed by atoms with E-state index in [0.717, 1.165) is 12.0 Å². The molecule has 1 heterocycles. The van der Waals surface area contributed by atoms with E-state index in [4.69, 9.17) is 16.3 Å². The summed E-state index contributed by atoms with van der Waals surface area (Å²) in [6.07, 6.45) is 5.44. The summed E-state index contributed by atoms with van der Waals surface area (Å²) in [5.41, 5.74) is 0.730. The van der Waals surface area contributed by atoms with E-state index in [-0.39, 0.29) is 55.1 Å². The van der Waals surface area contributed by atoms with Gasteiger partial charge in [-0.25, -0.2) is 0 Å². The van der Waals surface area contributed by atoms with Crippen molar-refractivity contribution < 1.29 is 19.1 Å². The number of hydrogen-bond acceptors (Lipinski definition) is 4. The van der Waals surface area contributed by atoms with Crippen molar-refractivity contribution in [3.63, 3.8) is 0 Å². The van der Waals surface area contributed by atoms with E-state index in [1.807, 2.05) is 12.1 Å². The number of esters is 1. The Hall–Kier alpha value is -2.14. The average molecular weight is 386 g/mol. The summed E-state index contributed by atoms with van der Waals surface area (Å²) in [6.45, 7) is 0.184. The molecule has 6 atom stereocenters. The number of rotatable bonds is 5. The van der Waals surface area contributed by atoms with Gasteiger partial charge in [-0.05, 0) is 36.2 Å². The summed E-state index contributed by atoms with van der Waals surface area (Å²) in [5.74, 6) is 0.511. The van der Waals surface area contributed by atoms with E-state index >= 15 is 0 Å². The number of ether oxygens (including phenoxy) is 1. The Bertz CT molecular complexity index is 829. The minimum absolute atomic E-state index is 0.0109. The molecule has 3 fully saturated rings. The van der Waals surface area contributed by atoms with Crippen molar-refractivity contribution in [2.24, 2.45) is 35.5 Å². The van der Waals surface area contributed by atoms with Crippen molar-refractivity contribution in [1.29, 1.82) is 0 Å². The zero-order chi connectivity index (χ0) is 18.7. The molecule has 2 bridgehead atoms. The van der Waals surface area contributed by atoms with Crippen LogP contribution >= 0.6 is 11.6 Å². The molecule has 0 N–H and O–H groups in total. The summed E-state index contributed by atoms with van der Waals surface area (Å²) in [4.78, 5) is 39.1. The minimum atomic E-state index is -0.436. The summed E-state index contributed by atoms with van der Waals surface area (Å²) < 4.78 is 5.25. The second-order valence-electron chi connectivity index (χ2n) is 7.98. The van der Waals surface area contributed by atoms with Crippen molar-refractivity contribution >= 4 is 29.4 Å². The van der Waals surface area contributed by atoms with Gasteiger partial charge in [0.2, 0.25) is 11.8 Å². The molecule has 0 aromatic heterocycles. The Labute approximate surface area is 162 Å². The first-order valence-corrected chi connectivity index (χ1v) is 9.86. The fourth-order valence-electron chi connectivity index (χ4n) is 5.29. The van der Waals surface area contributed by atoms with E-state index in [1.165, 1.54) is 4.90 Å². The fourth-order valence-corrected chi connectivity index (χ4v) is 5.48. The summed E-state index contributed by atoms with van der Waals surface area (Å²) in [7, 11) is 0. The number of halogens is 1. The number of imide groups is 1. The molecule has 2 saturated carbocycles. The molecule has 1 aromatic carbocycles. The molecule has 27 heavy (non-hydrogen) atoms. The molecule has 140 valence electrons. The van der Waals surface area contributed by atoms with E-state index < -0.39 is 5.97 Å². The third-order valence-electron chi connectivity index (χ3n) is 6.64. The molecular weight excluding hydrogens is 366 g/mol. The molecule has 6 heteroatoms. The molecule has 1 aliphatic heterocycles. The highest BCUT2D eigenvalue weighted by atomic mass is 35.5. The molecule has 5 aliphatic rings. The second-order valence-corrected chi connectivity index (χ2v) is 8.39. The molecule has 4 aliphatic carbocycles. The maximum Gasteiger partial charge on any atom is 0.307 e. The maximum absolute atomic E-state index is 12.8. The molecule has 5 nitrogen and oxygen atoms in total. The molecule has 0 radical (unpaired) electrons. The highest BCUT2D eigenvalue weighted by molar-refractivity contribution is 6.31. The van der Waals surface area contributed by atoms with Crippen LogP contribution in [0.2, 0.25) is 5.02 Å². The van der Waals surface area contributed by atoms with Crippen LogP contribution in [0.15, 0.2) is 36.4 Å². The van der Waals surface area contributed by atoms with Gasteiger partial charge in [-0.3, -0.25) is 19.3 Å². The van der Waals surface area contributed by atoms with Gasteiger partial charge in [-0.2, -0.15) is 0 Å². The van der Waals surface area contributed by atoms with Gasteiger partial charge >= 0.3 is 5.97 Å². The normalized spacial score (nSPS) is 35.2. The van der Waals surface area contributed by atoms with Crippen molar-refractivity contribution in [3.05, 3.63) is 47.0 Å². The SMILES string of the molecule is O=C(CCN1C(=O)[C@@H]2[C@H]3C=C[C@@H]([C@@H]4C[C@H]34)[C@@H]2C1=O)OCc1ccccc1Cl. The Kier molecular flexibility index (Phi) is 3.90. The van der Waals surface area contributed by atoms with Gasteiger partial charge in [0.25, 0.3) is 0 Å². The quantitative estimate of drug-likeness (QED) is 0.444. The highest BCUT2D eigenvalue weighted by Crippen LogP contribution is 2.65. The molecule has 0 spiro atoms. The minimum Gasteiger partial charge on any atom is -0.461 e.